The van der Waals surface area contributed by atoms with Gasteiger partial charge in [-0.05, 0) is 47.4 Å². The van der Waals surface area contributed by atoms with Crippen LogP contribution in [0.4, 0.5) is 4.79 Å². The van der Waals surface area contributed by atoms with Crippen molar-refractivity contribution in [3.05, 3.63) is 59.7 Å². The maximum absolute atomic E-state index is 12.4. The van der Waals surface area contributed by atoms with Crippen molar-refractivity contribution in [1.29, 1.82) is 0 Å². The van der Waals surface area contributed by atoms with Crippen LogP contribution in [0, 0.1) is 5.92 Å². The van der Waals surface area contributed by atoms with Crippen molar-refractivity contribution in [1.82, 2.24) is 10.6 Å². The first-order valence-corrected chi connectivity index (χ1v) is 11.6. The number of carbonyl (C=O) groups excluding carboxylic acids is 2. The Morgan fingerprint density at radius 1 is 1.03 bits per heavy atom. The Labute approximate surface area is 193 Å². The number of fused-ring (bicyclic) bond motifs is 3. The number of alkyl carbamates (subject to hydrolysis) is 1. The summed E-state index contributed by atoms with van der Waals surface area (Å²) in [5, 5.41) is 14.6. The molecule has 1 atom stereocenters. The maximum atomic E-state index is 12.4. The van der Waals surface area contributed by atoms with E-state index in [1.54, 1.807) is 0 Å². The lowest BCUT2D eigenvalue weighted by Crippen LogP contribution is -2.47. The predicted octanol–water partition coefficient (Wildman–Crippen LogP) is 4.06. The summed E-state index contributed by atoms with van der Waals surface area (Å²) in [4.78, 5) is 35.7. The molecule has 3 N–H and O–H groups in total. The first-order valence-electron chi connectivity index (χ1n) is 11.6. The van der Waals surface area contributed by atoms with Crippen LogP contribution >= 0.6 is 0 Å². The molecule has 2 aromatic rings. The highest BCUT2D eigenvalue weighted by molar-refractivity contribution is 5.83. The fourth-order valence-electron chi connectivity index (χ4n) is 4.89. The van der Waals surface area contributed by atoms with Crippen molar-refractivity contribution >= 4 is 18.0 Å². The maximum Gasteiger partial charge on any atom is 0.407 e. The van der Waals surface area contributed by atoms with Gasteiger partial charge in [0.05, 0.1) is 0 Å². The topological polar surface area (TPSA) is 105 Å². The van der Waals surface area contributed by atoms with E-state index in [0.29, 0.717) is 25.7 Å². The molecule has 174 valence electrons. The molecular weight excluding hydrogens is 420 g/mol. The van der Waals surface area contributed by atoms with E-state index >= 15 is 0 Å². The van der Waals surface area contributed by atoms with E-state index in [0.717, 1.165) is 0 Å². The van der Waals surface area contributed by atoms with Crippen LogP contribution in [-0.2, 0) is 14.3 Å². The lowest BCUT2D eigenvalue weighted by molar-refractivity contribution is -0.142. The van der Waals surface area contributed by atoms with Gasteiger partial charge >= 0.3 is 12.1 Å². The molecular formula is C26H30N2O5. The number of hydrogen-bond acceptors (Lipinski definition) is 4. The van der Waals surface area contributed by atoms with Crippen LogP contribution in [0.25, 0.3) is 11.1 Å². The third-order valence-corrected chi connectivity index (χ3v) is 6.59. The molecule has 0 saturated heterocycles. The highest BCUT2D eigenvalue weighted by Crippen LogP contribution is 2.44. The fraction of sp³-hybridized carbons (Fsp3) is 0.423. The normalized spacial score (nSPS) is 19.5. The standard InChI is InChI=1S/C26H30N2O5/c1-2-7-23(25(30)31)28-24(29)14-16-12-17(13-16)27-26(32)33-15-22-20-10-5-3-8-18(20)19-9-4-6-11-21(19)22/h3-6,8-11,16-17,22-23H,2,7,12-15H2,1H3,(H,27,32)(H,28,29)(H,30,31)/t16?,17?,23-/m1/s1. The highest BCUT2D eigenvalue weighted by Gasteiger charge is 2.34. The van der Waals surface area contributed by atoms with Crippen LogP contribution in [-0.4, -0.2) is 41.8 Å². The lowest BCUT2D eigenvalue weighted by atomic mass is 9.78. The molecule has 0 bridgehead atoms. The number of aliphatic carboxylic acids is 1. The minimum absolute atomic E-state index is 0.0197. The zero-order valence-corrected chi connectivity index (χ0v) is 18.8. The number of nitrogens with one attached hydrogen (secondary N) is 2. The molecule has 0 unspecified atom stereocenters. The SMILES string of the molecule is CCC[C@@H](NC(=O)CC1CC(NC(=O)OCC2c3ccccc3-c3ccccc32)C1)C(=O)O. The quantitative estimate of drug-likeness (QED) is 0.534. The minimum Gasteiger partial charge on any atom is -0.480 e. The van der Waals surface area contributed by atoms with Crippen molar-refractivity contribution < 1.29 is 24.2 Å². The van der Waals surface area contributed by atoms with Gasteiger partial charge < -0.3 is 20.5 Å². The predicted molar refractivity (Wildman–Crippen MR) is 124 cm³/mol. The Morgan fingerprint density at radius 3 is 2.21 bits per heavy atom. The molecule has 2 aliphatic rings. The molecule has 7 nitrogen and oxygen atoms in total. The van der Waals surface area contributed by atoms with Crippen LogP contribution in [0.1, 0.15) is 56.1 Å². The summed E-state index contributed by atoms with van der Waals surface area (Å²) in [7, 11) is 0. The summed E-state index contributed by atoms with van der Waals surface area (Å²) in [6.45, 7) is 2.15. The van der Waals surface area contributed by atoms with Gasteiger partial charge in [-0.15, -0.1) is 0 Å². The number of ether oxygens (including phenoxy) is 1. The molecule has 2 amide bonds. The summed E-state index contributed by atoms with van der Waals surface area (Å²) >= 11 is 0. The Kier molecular flexibility index (Phi) is 6.96. The van der Waals surface area contributed by atoms with Crippen molar-refractivity contribution in [3.8, 4) is 11.1 Å². The average molecular weight is 451 g/mol. The van der Waals surface area contributed by atoms with Crippen LogP contribution in [0.5, 0.6) is 0 Å². The number of carbonyl (C=O) groups is 3. The van der Waals surface area contributed by atoms with Crippen LogP contribution < -0.4 is 10.6 Å². The van der Waals surface area contributed by atoms with Gasteiger partial charge in [0.1, 0.15) is 12.6 Å². The van der Waals surface area contributed by atoms with Gasteiger partial charge in [0.15, 0.2) is 0 Å². The molecule has 0 heterocycles. The second-order valence-corrected chi connectivity index (χ2v) is 8.96. The second-order valence-electron chi connectivity index (χ2n) is 8.96. The average Bonchev–Trinajstić information content (AvgIpc) is 3.09. The van der Waals surface area contributed by atoms with Crippen LogP contribution in [0.3, 0.4) is 0 Å². The number of rotatable bonds is 9. The third-order valence-electron chi connectivity index (χ3n) is 6.59. The smallest absolute Gasteiger partial charge is 0.407 e. The van der Waals surface area contributed by atoms with E-state index in [1.807, 2.05) is 31.2 Å². The van der Waals surface area contributed by atoms with Crippen molar-refractivity contribution in [2.75, 3.05) is 6.61 Å². The molecule has 7 heteroatoms. The number of carboxylic acid groups (broad SMARTS) is 1. The van der Waals surface area contributed by atoms with E-state index in [2.05, 4.69) is 34.9 Å². The molecule has 0 aliphatic heterocycles. The molecule has 33 heavy (non-hydrogen) atoms. The van der Waals surface area contributed by atoms with Gasteiger partial charge in [0, 0.05) is 18.4 Å². The van der Waals surface area contributed by atoms with Gasteiger partial charge in [0.25, 0.3) is 0 Å². The van der Waals surface area contributed by atoms with Crippen LogP contribution in [0.2, 0.25) is 0 Å². The van der Waals surface area contributed by atoms with E-state index in [1.165, 1.54) is 22.3 Å². The van der Waals surface area contributed by atoms with Crippen molar-refractivity contribution in [2.24, 2.45) is 5.92 Å². The molecule has 1 fully saturated rings. The number of benzene rings is 2. The molecule has 4 rings (SSSR count). The summed E-state index contributed by atoms with van der Waals surface area (Å²) < 4.78 is 5.57. The van der Waals surface area contributed by atoms with E-state index in [-0.39, 0.29) is 36.8 Å². The van der Waals surface area contributed by atoms with E-state index in [4.69, 9.17) is 9.84 Å². The Bertz CT molecular complexity index is 985. The molecule has 0 spiro atoms. The highest BCUT2D eigenvalue weighted by atomic mass is 16.5. The monoisotopic (exact) mass is 450 g/mol. The first kappa shape index (κ1) is 22.8. The van der Waals surface area contributed by atoms with Gasteiger partial charge in [-0.3, -0.25) is 4.79 Å². The molecule has 2 aliphatic carbocycles. The van der Waals surface area contributed by atoms with Crippen LogP contribution in [0.15, 0.2) is 48.5 Å². The molecule has 0 aromatic heterocycles. The minimum atomic E-state index is -1.01. The van der Waals surface area contributed by atoms with Crippen molar-refractivity contribution in [3.63, 3.8) is 0 Å². The molecule has 1 saturated carbocycles. The Balaban J connectivity index is 1.22. The van der Waals surface area contributed by atoms with E-state index < -0.39 is 18.1 Å². The van der Waals surface area contributed by atoms with E-state index in [9.17, 15) is 14.4 Å². The second kappa shape index (κ2) is 10.1. The van der Waals surface area contributed by atoms with Crippen molar-refractivity contribution in [2.45, 2.75) is 57.0 Å². The number of amides is 2. The molecule has 2 aromatic carbocycles. The Morgan fingerprint density at radius 2 is 1.64 bits per heavy atom. The summed E-state index contributed by atoms with van der Waals surface area (Å²) in [5.41, 5.74) is 4.71. The van der Waals surface area contributed by atoms with Gasteiger partial charge in [-0.2, -0.15) is 0 Å². The fourth-order valence-corrected chi connectivity index (χ4v) is 4.89. The van der Waals surface area contributed by atoms with Gasteiger partial charge in [-0.25, -0.2) is 9.59 Å². The third kappa shape index (κ3) is 5.18. The number of hydrogen-bond donors (Lipinski definition) is 3. The Hall–Kier alpha value is -3.35. The molecule has 0 radical (unpaired) electrons. The van der Waals surface area contributed by atoms with Gasteiger partial charge in [-0.1, -0.05) is 61.9 Å². The van der Waals surface area contributed by atoms with Gasteiger partial charge in [0.2, 0.25) is 5.91 Å². The lowest BCUT2D eigenvalue weighted by Gasteiger charge is -2.35. The number of carboxylic acids is 1. The first-order chi connectivity index (χ1) is 16.0. The summed E-state index contributed by atoms with van der Waals surface area (Å²) in [5.74, 6) is -1.10. The summed E-state index contributed by atoms with van der Waals surface area (Å²) in [6, 6.07) is 15.5. The zero-order chi connectivity index (χ0) is 23.4. The summed E-state index contributed by atoms with van der Waals surface area (Å²) in [6.07, 6.45) is 2.30. The zero-order valence-electron chi connectivity index (χ0n) is 18.8. The largest absolute Gasteiger partial charge is 0.480 e.